The minimum Gasteiger partial charge on any atom is -0.278 e. The Morgan fingerprint density at radius 2 is 1.81 bits per heavy atom. The number of anilines is 1. The molecule has 0 spiro atoms. The lowest BCUT2D eigenvalue weighted by Gasteiger charge is -2.10. The lowest BCUT2D eigenvalue weighted by molar-refractivity contribution is 0.601. The van der Waals surface area contributed by atoms with Crippen LogP contribution in [0.1, 0.15) is 11.1 Å². The van der Waals surface area contributed by atoms with Crippen LogP contribution in [0.5, 0.6) is 0 Å². The first kappa shape index (κ1) is 15.4. The maximum atomic E-state index is 12.3. The van der Waals surface area contributed by atoms with E-state index in [4.69, 9.17) is 5.26 Å². The van der Waals surface area contributed by atoms with E-state index in [1.165, 1.54) is 11.8 Å². The molecule has 0 radical (unpaired) electrons. The molecule has 6 heteroatoms. The van der Waals surface area contributed by atoms with Crippen LogP contribution >= 0.6 is 11.8 Å². The molecule has 0 bridgehead atoms. The number of nitrogens with one attached hydrogen (secondary N) is 1. The molecule has 0 fully saturated rings. The molecule has 2 rings (SSSR count). The molecule has 2 aromatic rings. The molecule has 0 aliphatic heterocycles. The van der Waals surface area contributed by atoms with Gasteiger partial charge in [0.05, 0.1) is 16.1 Å². The van der Waals surface area contributed by atoms with Crippen molar-refractivity contribution in [3.8, 4) is 6.07 Å². The van der Waals surface area contributed by atoms with Gasteiger partial charge in [-0.15, -0.1) is 11.8 Å². The normalized spacial score (nSPS) is 10.9. The number of nitrogens with zero attached hydrogens (tertiary/aromatic N) is 1. The molecule has 0 heterocycles. The van der Waals surface area contributed by atoms with Gasteiger partial charge in [-0.1, -0.05) is 17.7 Å². The number of hydrogen-bond acceptors (Lipinski definition) is 4. The highest BCUT2D eigenvalue weighted by Crippen LogP contribution is 2.24. The van der Waals surface area contributed by atoms with E-state index < -0.39 is 10.0 Å². The summed E-state index contributed by atoms with van der Waals surface area (Å²) >= 11 is 1.49. The molecule has 2 aromatic carbocycles. The van der Waals surface area contributed by atoms with E-state index in [1.54, 1.807) is 42.5 Å². The van der Waals surface area contributed by atoms with Gasteiger partial charge in [-0.2, -0.15) is 5.26 Å². The zero-order valence-corrected chi connectivity index (χ0v) is 13.3. The summed E-state index contributed by atoms with van der Waals surface area (Å²) in [6.07, 6.45) is 1.90. The SMILES string of the molecule is CSc1ccc(NS(=O)(=O)c2ccc(C)cc2)c(C#N)c1. The third-order valence-corrected chi connectivity index (χ3v) is 5.03. The standard InChI is InChI=1S/C15H14N2O2S2/c1-11-3-6-14(7-4-11)21(18,19)17-15-8-5-13(20-2)9-12(15)10-16/h3-9,17H,1-2H3. The van der Waals surface area contributed by atoms with Crippen LogP contribution in [0.3, 0.4) is 0 Å². The lowest BCUT2D eigenvalue weighted by atomic mass is 10.2. The first-order chi connectivity index (χ1) is 9.96. The molecule has 0 amide bonds. The van der Waals surface area contributed by atoms with E-state index in [-0.39, 0.29) is 10.6 Å². The second-order valence-electron chi connectivity index (χ2n) is 4.44. The monoisotopic (exact) mass is 318 g/mol. The van der Waals surface area contributed by atoms with Crippen molar-refractivity contribution in [2.24, 2.45) is 0 Å². The summed E-state index contributed by atoms with van der Waals surface area (Å²) in [7, 11) is -3.69. The van der Waals surface area contributed by atoms with Gasteiger partial charge in [-0.25, -0.2) is 8.42 Å². The van der Waals surface area contributed by atoms with Crippen LogP contribution in [0.15, 0.2) is 52.3 Å². The minimum atomic E-state index is -3.69. The third kappa shape index (κ3) is 3.57. The molecule has 108 valence electrons. The molecule has 0 saturated carbocycles. The fourth-order valence-corrected chi connectivity index (χ4v) is 3.27. The van der Waals surface area contributed by atoms with E-state index in [0.29, 0.717) is 5.56 Å². The molecule has 4 nitrogen and oxygen atoms in total. The van der Waals surface area contributed by atoms with E-state index in [2.05, 4.69) is 4.72 Å². The average molecular weight is 318 g/mol. The highest BCUT2D eigenvalue weighted by atomic mass is 32.2. The highest BCUT2D eigenvalue weighted by molar-refractivity contribution is 7.98. The molecule has 0 atom stereocenters. The third-order valence-electron chi connectivity index (χ3n) is 2.92. The number of benzene rings is 2. The van der Waals surface area contributed by atoms with Gasteiger partial charge < -0.3 is 0 Å². The number of thioether (sulfide) groups is 1. The van der Waals surface area contributed by atoms with E-state index in [9.17, 15) is 8.42 Å². The van der Waals surface area contributed by atoms with Crippen LogP contribution in [-0.4, -0.2) is 14.7 Å². The van der Waals surface area contributed by atoms with Gasteiger partial charge in [-0.05, 0) is 43.5 Å². The van der Waals surface area contributed by atoms with Crippen molar-refractivity contribution in [2.75, 3.05) is 11.0 Å². The van der Waals surface area contributed by atoms with Crippen molar-refractivity contribution in [3.05, 3.63) is 53.6 Å². The number of hydrogen-bond donors (Lipinski definition) is 1. The average Bonchev–Trinajstić information content (AvgIpc) is 2.47. The Bertz CT molecular complexity index is 791. The fraction of sp³-hybridized carbons (Fsp3) is 0.133. The van der Waals surface area contributed by atoms with E-state index in [0.717, 1.165) is 10.5 Å². The lowest BCUT2D eigenvalue weighted by Crippen LogP contribution is -2.13. The zero-order chi connectivity index (χ0) is 15.5. The maximum absolute atomic E-state index is 12.3. The summed E-state index contributed by atoms with van der Waals surface area (Å²) in [5.74, 6) is 0. The van der Waals surface area contributed by atoms with Crippen LogP contribution in [0.2, 0.25) is 0 Å². The Balaban J connectivity index is 2.37. The van der Waals surface area contributed by atoms with E-state index >= 15 is 0 Å². The zero-order valence-electron chi connectivity index (χ0n) is 11.6. The Hall–Kier alpha value is -1.97. The number of rotatable bonds is 4. The summed E-state index contributed by atoms with van der Waals surface area (Å²) in [6.45, 7) is 1.89. The van der Waals surface area contributed by atoms with Gasteiger partial charge in [0.25, 0.3) is 10.0 Å². The molecular weight excluding hydrogens is 304 g/mol. The topological polar surface area (TPSA) is 70.0 Å². The van der Waals surface area contributed by atoms with E-state index in [1.807, 2.05) is 19.2 Å². The van der Waals surface area contributed by atoms with Crippen molar-refractivity contribution in [1.82, 2.24) is 0 Å². The fourth-order valence-electron chi connectivity index (χ4n) is 1.75. The van der Waals surface area contributed by atoms with Crippen molar-refractivity contribution in [3.63, 3.8) is 0 Å². The Morgan fingerprint density at radius 3 is 2.38 bits per heavy atom. The van der Waals surface area contributed by atoms with Crippen molar-refractivity contribution in [2.45, 2.75) is 16.7 Å². The molecule has 0 unspecified atom stereocenters. The van der Waals surface area contributed by atoms with Crippen LogP contribution in [0, 0.1) is 18.3 Å². The van der Waals surface area contributed by atoms with Crippen molar-refractivity contribution >= 4 is 27.5 Å². The van der Waals surface area contributed by atoms with Crippen LogP contribution in [-0.2, 0) is 10.0 Å². The number of sulfonamides is 1. The first-order valence-corrected chi connectivity index (χ1v) is 8.84. The largest absolute Gasteiger partial charge is 0.278 e. The summed E-state index contributed by atoms with van der Waals surface area (Å²) in [5, 5.41) is 9.15. The second kappa shape index (κ2) is 6.20. The highest BCUT2D eigenvalue weighted by Gasteiger charge is 2.16. The minimum absolute atomic E-state index is 0.172. The molecule has 0 aliphatic rings. The van der Waals surface area contributed by atoms with Crippen LogP contribution in [0.25, 0.3) is 0 Å². The molecule has 0 aromatic heterocycles. The predicted octanol–water partition coefficient (Wildman–Crippen LogP) is 3.39. The number of aryl methyl sites for hydroxylation is 1. The Morgan fingerprint density at radius 1 is 1.14 bits per heavy atom. The summed E-state index contributed by atoms with van der Waals surface area (Å²) < 4.78 is 27.1. The van der Waals surface area contributed by atoms with Gasteiger partial charge in [0.2, 0.25) is 0 Å². The van der Waals surface area contributed by atoms with Gasteiger partial charge in [-0.3, -0.25) is 4.72 Å². The Labute approximate surface area is 128 Å². The predicted molar refractivity (Wildman–Crippen MR) is 84.9 cm³/mol. The molecule has 0 saturated heterocycles. The van der Waals surface area contributed by atoms with Gasteiger partial charge in [0.15, 0.2) is 0 Å². The summed E-state index contributed by atoms with van der Waals surface area (Å²) in [5.41, 5.74) is 1.57. The van der Waals surface area contributed by atoms with Crippen molar-refractivity contribution in [1.29, 1.82) is 5.26 Å². The van der Waals surface area contributed by atoms with Gasteiger partial charge >= 0.3 is 0 Å². The quantitative estimate of drug-likeness (QED) is 0.877. The molecule has 0 aliphatic carbocycles. The Kier molecular flexibility index (Phi) is 4.56. The first-order valence-electron chi connectivity index (χ1n) is 6.14. The molecule has 1 N–H and O–H groups in total. The summed E-state index contributed by atoms with van der Waals surface area (Å²) in [4.78, 5) is 1.08. The smallest absolute Gasteiger partial charge is 0.261 e. The number of nitriles is 1. The van der Waals surface area contributed by atoms with Crippen LogP contribution < -0.4 is 4.72 Å². The second-order valence-corrected chi connectivity index (χ2v) is 7.00. The molecule has 21 heavy (non-hydrogen) atoms. The maximum Gasteiger partial charge on any atom is 0.261 e. The summed E-state index contributed by atoms with van der Waals surface area (Å²) in [6, 6.07) is 13.6. The van der Waals surface area contributed by atoms with Crippen molar-refractivity contribution < 1.29 is 8.42 Å². The molecular formula is C15H14N2O2S2. The van der Waals surface area contributed by atoms with Crippen LogP contribution in [0.4, 0.5) is 5.69 Å². The van der Waals surface area contributed by atoms with Gasteiger partial charge in [0.1, 0.15) is 6.07 Å². The van der Waals surface area contributed by atoms with Gasteiger partial charge in [0, 0.05) is 4.90 Å².